The van der Waals surface area contributed by atoms with E-state index in [2.05, 4.69) is 26.1 Å². The Morgan fingerprint density at radius 1 is 1.36 bits per heavy atom. The number of aliphatic hydroxyl groups excluding tert-OH is 1. The maximum absolute atomic E-state index is 9.73. The summed E-state index contributed by atoms with van der Waals surface area (Å²) in [6.45, 7) is 8.36. The van der Waals surface area contributed by atoms with E-state index >= 15 is 0 Å². The second-order valence-electron chi connectivity index (χ2n) is 5.87. The smallest absolute Gasteiger partial charge is 0.0669 e. The number of hydrogen-bond donors (Lipinski definition) is 2. The predicted octanol–water partition coefficient (Wildman–Crippen LogP) is 2.17. The first-order valence-corrected chi connectivity index (χ1v) is 5.86. The molecule has 1 atom stereocenters. The van der Waals surface area contributed by atoms with Crippen LogP contribution in [-0.2, 0) is 0 Å². The fourth-order valence-electron chi connectivity index (χ4n) is 1.93. The molecule has 0 radical (unpaired) electrons. The van der Waals surface area contributed by atoms with Crippen molar-refractivity contribution < 1.29 is 5.11 Å². The minimum atomic E-state index is -0.185. The molecule has 1 aliphatic carbocycles. The van der Waals surface area contributed by atoms with Crippen molar-refractivity contribution in [1.29, 1.82) is 0 Å². The summed E-state index contributed by atoms with van der Waals surface area (Å²) >= 11 is 0. The van der Waals surface area contributed by atoms with Gasteiger partial charge in [-0.1, -0.05) is 27.2 Å². The molecule has 0 aromatic heterocycles. The molecular formula is C12H25NO. The van der Waals surface area contributed by atoms with Crippen LogP contribution in [0, 0.1) is 11.3 Å². The normalized spacial score (nSPS) is 20.6. The van der Waals surface area contributed by atoms with Crippen LogP contribution in [0.2, 0.25) is 0 Å². The summed E-state index contributed by atoms with van der Waals surface area (Å²) in [4.78, 5) is 0. The van der Waals surface area contributed by atoms with Crippen LogP contribution in [0.25, 0.3) is 0 Å². The average molecular weight is 199 g/mol. The summed E-state index contributed by atoms with van der Waals surface area (Å²) in [5.41, 5.74) is 0.234. The van der Waals surface area contributed by atoms with Crippen LogP contribution in [-0.4, -0.2) is 24.3 Å². The lowest BCUT2D eigenvalue weighted by molar-refractivity contribution is 0.117. The third-order valence-electron chi connectivity index (χ3n) is 2.89. The fourth-order valence-corrected chi connectivity index (χ4v) is 1.93. The topological polar surface area (TPSA) is 32.3 Å². The third-order valence-corrected chi connectivity index (χ3v) is 2.89. The Labute approximate surface area is 88.1 Å². The molecule has 0 bridgehead atoms. The first-order valence-electron chi connectivity index (χ1n) is 5.86. The fraction of sp³-hybridized carbons (Fsp3) is 1.00. The molecule has 0 heterocycles. The van der Waals surface area contributed by atoms with Crippen LogP contribution in [0.4, 0.5) is 0 Å². The highest BCUT2D eigenvalue weighted by Gasteiger charge is 2.19. The van der Waals surface area contributed by atoms with E-state index in [0.29, 0.717) is 0 Å². The van der Waals surface area contributed by atoms with Crippen molar-refractivity contribution in [1.82, 2.24) is 5.32 Å². The number of nitrogens with one attached hydrogen (secondary N) is 1. The predicted molar refractivity (Wildman–Crippen MR) is 60.3 cm³/mol. The van der Waals surface area contributed by atoms with Crippen molar-refractivity contribution in [3.63, 3.8) is 0 Å². The minimum Gasteiger partial charge on any atom is -0.392 e. The molecule has 0 aromatic carbocycles. The lowest BCUT2D eigenvalue weighted by Gasteiger charge is -2.27. The molecule has 1 unspecified atom stereocenters. The first kappa shape index (κ1) is 12.0. The van der Waals surface area contributed by atoms with Gasteiger partial charge in [0.05, 0.1) is 6.10 Å². The van der Waals surface area contributed by atoms with Crippen LogP contribution in [0.1, 0.15) is 46.5 Å². The number of aliphatic hydroxyl groups is 1. The molecule has 0 aliphatic heterocycles. The van der Waals surface area contributed by atoms with Gasteiger partial charge in [0.1, 0.15) is 0 Å². The zero-order valence-electron chi connectivity index (χ0n) is 9.84. The first-order chi connectivity index (χ1) is 6.47. The maximum atomic E-state index is 9.73. The van der Waals surface area contributed by atoms with E-state index in [1.807, 2.05) is 0 Å². The largest absolute Gasteiger partial charge is 0.392 e. The summed E-state index contributed by atoms with van der Waals surface area (Å²) in [5.74, 6) is 0.886. The van der Waals surface area contributed by atoms with Crippen molar-refractivity contribution in [3.05, 3.63) is 0 Å². The van der Waals surface area contributed by atoms with E-state index in [9.17, 15) is 5.11 Å². The molecule has 1 aliphatic rings. The summed E-state index contributed by atoms with van der Waals surface area (Å²) < 4.78 is 0. The van der Waals surface area contributed by atoms with Gasteiger partial charge in [-0.15, -0.1) is 0 Å². The van der Waals surface area contributed by atoms with Crippen molar-refractivity contribution >= 4 is 0 Å². The quantitative estimate of drug-likeness (QED) is 0.711. The Kier molecular flexibility index (Phi) is 4.39. The molecule has 1 fully saturated rings. The Bertz CT molecular complexity index is 158. The molecule has 2 N–H and O–H groups in total. The van der Waals surface area contributed by atoms with Gasteiger partial charge in [-0.25, -0.2) is 0 Å². The van der Waals surface area contributed by atoms with Crippen molar-refractivity contribution in [2.24, 2.45) is 11.3 Å². The van der Waals surface area contributed by atoms with E-state index in [4.69, 9.17) is 0 Å². The molecule has 2 heteroatoms. The Balaban J connectivity index is 1.99. The second-order valence-corrected chi connectivity index (χ2v) is 5.87. The van der Waals surface area contributed by atoms with Gasteiger partial charge < -0.3 is 10.4 Å². The molecule has 2 nitrogen and oxygen atoms in total. The lowest BCUT2D eigenvalue weighted by atomic mass is 9.85. The zero-order chi connectivity index (χ0) is 10.6. The van der Waals surface area contributed by atoms with Crippen LogP contribution in [0.15, 0.2) is 0 Å². The molecule has 1 saturated carbocycles. The van der Waals surface area contributed by atoms with Gasteiger partial charge in [0.25, 0.3) is 0 Å². The average Bonchev–Trinajstić information content (AvgIpc) is 1.90. The van der Waals surface area contributed by atoms with Gasteiger partial charge in [-0.2, -0.15) is 0 Å². The van der Waals surface area contributed by atoms with Crippen LogP contribution in [0.5, 0.6) is 0 Å². The van der Waals surface area contributed by atoms with Gasteiger partial charge in [0, 0.05) is 6.54 Å². The summed E-state index contributed by atoms with van der Waals surface area (Å²) in [6, 6.07) is 0. The van der Waals surface area contributed by atoms with E-state index in [1.54, 1.807) is 0 Å². The van der Waals surface area contributed by atoms with Crippen LogP contribution >= 0.6 is 0 Å². The lowest BCUT2D eigenvalue weighted by Crippen LogP contribution is -2.34. The van der Waals surface area contributed by atoms with E-state index in [0.717, 1.165) is 25.4 Å². The van der Waals surface area contributed by atoms with E-state index in [-0.39, 0.29) is 11.5 Å². The highest BCUT2D eigenvalue weighted by molar-refractivity contribution is 4.74. The van der Waals surface area contributed by atoms with Crippen LogP contribution < -0.4 is 5.32 Å². The van der Waals surface area contributed by atoms with Gasteiger partial charge in [0.15, 0.2) is 0 Å². The second kappa shape index (κ2) is 5.13. The van der Waals surface area contributed by atoms with Crippen LogP contribution in [0.3, 0.4) is 0 Å². The van der Waals surface area contributed by atoms with Crippen molar-refractivity contribution in [2.75, 3.05) is 13.1 Å². The molecular weight excluding hydrogens is 174 g/mol. The molecule has 0 spiro atoms. The summed E-state index contributed by atoms with van der Waals surface area (Å²) in [6.07, 6.45) is 4.85. The SMILES string of the molecule is CC(C)(C)CC(O)CNCC1CCC1. The van der Waals surface area contributed by atoms with Gasteiger partial charge in [-0.3, -0.25) is 0 Å². The van der Waals surface area contributed by atoms with E-state index < -0.39 is 0 Å². The van der Waals surface area contributed by atoms with Crippen molar-refractivity contribution in [2.45, 2.75) is 52.6 Å². The molecule has 14 heavy (non-hydrogen) atoms. The monoisotopic (exact) mass is 199 g/mol. The molecule has 84 valence electrons. The highest BCUT2D eigenvalue weighted by atomic mass is 16.3. The van der Waals surface area contributed by atoms with Gasteiger partial charge in [-0.05, 0) is 37.1 Å². The highest BCUT2D eigenvalue weighted by Crippen LogP contribution is 2.25. The summed E-state index contributed by atoms with van der Waals surface area (Å²) in [7, 11) is 0. The molecule has 0 amide bonds. The summed E-state index contributed by atoms with van der Waals surface area (Å²) in [5, 5.41) is 13.1. The van der Waals surface area contributed by atoms with Gasteiger partial charge in [0.2, 0.25) is 0 Å². The van der Waals surface area contributed by atoms with Gasteiger partial charge >= 0.3 is 0 Å². The Morgan fingerprint density at radius 2 is 2.00 bits per heavy atom. The standard InChI is InChI=1S/C12H25NO/c1-12(2,3)7-11(14)9-13-8-10-5-4-6-10/h10-11,13-14H,4-9H2,1-3H3. The zero-order valence-corrected chi connectivity index (χ0v) is 9.84. The van der Waals surface area contributed by atoms with Crippen molar-refractivity contribution in [3.8, 4) is 0 Å². The number of hydrogen-bond acceptors (Lipinski definition) is 2. The Hall–Kier alpha value is -0.0800. The maximum Gasteiger partial charge on any atom is 0.0669 e. The Morgan fingerprint density at radius 3 is 2.43 bits per heavy atom. The molecule has 1 rings (SSSR count). The number of rotatable bonds is 5. The molecule has 0 saturated heterocycles. The minimum absolute atomic E-state index is 0.185. The molecule has 0 aromatic rings. The van der Waals surface area contributed by atoms with E-state index in [1.165, 1.54) is 19.3 Å². The third kappa shape index (κ3) is 4.97.